The van der Waals surface area contributed by atoms with Gasteiger partial charge in [0.25, 0.3) is 0 Å². The Morgan fingerprint density at radius 1 is 1.36 bits per heavy atom. The van der Waals surface area contributed by atoms with Gasteiger partial charge in [0.2, 0.25) is 0 Å². The van der Waals surface area contributed by atoms with Gasteiger partial charge in [-0.05, 0) is 12.0 Å². The molecule has 0 aliphatic rings. The molecule has 0 amide bonds. The first-order valence-electron chi connectivity index (χ1n) is 4.34. The number of allylic oxidation sites excluding steroid dienone is 1. The van der Waals surface area contributed by atoms with Crippen LogP contribution in [0.2, 0.25) is 0 Å². The highest BCUT2D eigenvalue weighted by Crippen LogP contribution is 2.23. The van der Waals surface area contributed by atoms with E-state index in [1.165, 1.54) is 0 Å². The number of hydrogen-bond donors (Lipinski definition) is 1. The molecule has 0 unspecified atom stereocenters. The van der Waals surface area contributed by atoms with E-state index in [0.29, 0.717) is 17.0 Å². The number of carboxylic acids is 1. The minimum Gasteiger partial charge on any atom is -0.478 e. The van der Waals surface area contributed by atoms with Crippen LogP contribution in [0.1, 0.15) is 18.9 Å². The lowest BCUT2D eigenvalue weighted by molar-refractivity contribution is -0.130. The maximum atomic E-state index is 11.0. The van der Waals surface area contributed by atoms with Crippen LogP contribution in [0.4, 0.5) is 0 Å². The summed E-state index contributed by atoms with van der Waals surface area (Å²) in [7, 11) is 0. The van der Waals surface area contributed by atoms with E-state index in [-0.39, 0.29) is 5.57 Å². The highest BCUT2D eigenvalue weighted by molar-refractivity contribution is 6.38. The number of halogens is 1. The zero-order valence-electron chi connectivity index (χ0n) is 7.83. The van der Waals surface area contributed by atoms with Crippen LogP contribution < -0.4 is 0 Å². The molecule has 0 fully saturated rings. The van der Waals surface area contributed by atoms with Crippen LogP contribution in [0.15, 0.2) is 35.4 Å². The average molecular weight is 211 g/mol. The van der Waals surface area contributed by atoms with Crippen molar-refractivity contribution < 1.29 is 9.90 Å². The molecule has 14 heavy (non-hydrogen) atoms. The van der Waals surface area contributed by atoms with Crippen LogP contribution in [0.25, 0.3) is 5.57 Å². The molecule has 0 spiro atoms. The summed E-state index contributed by atoms with van der Waals surface area (Å²) < 4.78 is 0. The fourth-order valence-corrected chi connectivity index (χ4v) is 1.37. The summed E-state index contributed by atoms with van der Waals surface area (Å²) in [5.74, 6) is -0.983. The maximum Gasteiger partial charge on any atom is 0.337 e. The van der Waals surface area contributed by atoms with Crippen molar-refractivity contribution in [3.63, 3.8) is 0 Å². The molecule has 0 atom stereocenters. The van der Waals surface area contributed by atoms with Crippen molar-refractivity contribution in [2.45, 2.75) is 13.3 Å². The van der Waals surface area contributed by atoms with Gasteiger partial charge < -0.3 is 5.11 Å². The van der Waals surface area contributed by atoms with Crippen LogP contribution in [-0.2, 0) is 4.79 Å². The molecule has 0 aromatic heterocycles. The third-order valence-corrected chi connectivity index (χ3v) is 2.31. The molecular weight excluding hydrogens is 200 g/mol. The molecule has 1 rings (SSSR count). The minimum absolute atomic E-state index is 0.190. The Hall–Kier alpha value is -1.28. The number of aliphatic carboxylic acids is 1. The van der Waals surface area contributed by atoms with Gasteiger partial charge in [0.15, 0.2) is 0 Å². The van der Waals surface area contributed by atoms with Crippen LogP contribution >= 0.6 is 11.6 Å². The summed E-state index contributed by atoms with van der Waals surface area (Å²) in [4.78, 5) is 11.0. The Labute approximate surface area is 87.8 Å². The smallest absolute Gasteiger partial charge is 0.337 e. The van der Waals surface area contributed by atoms with Crippen LogP contribution in [0.5, 0.6) is 0 Å². The highest BCUT2D eigenvalue weighted by Gasteiger charge is 2.13. The molecule has 2 nitrogen and oxygen atoms in total. The summed E-state index contributed by atoms with van der Waals surface area (Å²) in [6, 6.07) is 8.89. The van der Waals surface area contributed by atoms with Crippen molar-refractivity contribution in [1.29, 1.82) is 0 Å². The van der Waals surface area contributed by atoms with Crippen molar-refractivity contribution in [3.05, 3.63) is 40.9 Å². The molecule has 0 aliphatic heterocycles. The number of hydrogen-bond acceptors (Lipinski definition) is 1. The summed E-state index contributed by atoms with van der Waals surface area (Å²) >= 11 is 5.86. The number of benzene rings is 1. The number of carboxylic acid groups (broad SMARTS) is 1. The molecule has 0 saturated carbocycles. The second kappa shape index (κ2) is 4.82. The molecule has 0 heterocycles. The quantitative estimate of drug-likeness (QED) is 0.779. The van der Waals surface area contributed by atoms with Crippen molar-refractivity contribution in [2.24, 2.45) is 0 Å². The lowest BCUT2D eigenvalue weighted by atomic mass is 10.1. The van der Waals surface area contributed by atoms with Gasteiger partial charge in [0, 0.05) is 5.03 Å². The van der Waals surface area contributed by atoms with E-state index in [1.54, 1.807) is 24.3 Å². The largest absolute Gasteiger partial charge is 0.478 e. The molecule has 0 aliphatic carbocycles. The third kappa shape index (κ3) is 2.36. The number of rotatable bonds is 3. The first-order chi connectivity index (χ1) is 6.66. The minimum atomic E-state index is -0.983. The van der Waals surface area contributed by atoms with Gasteiger partial charge in [-0.1, -0.05) is 48.9 Å². The summed E-state index contributed by atoms with van der Waals surface area (Å²) in [6.07, 6.45) is 0.526. The Balaban J connectivity index is 3.21. The lowest BCUT2D eigenvalue weighted by Gasteiger charge is -2.04. The van der Waals surface area contributed by atoms with Crippen LogP contribution in [0.3, 0.4) is 0 Å². The van der Waals surface area contributed by atoms with E-state index < -0.39 is 5.97 Å². The van der Waals surface area contributed by atoms with Crippen LogP contribution in [-0.4, -0.2) is 11.1 Å². The summed E-state index contributed by atoms with van der Waals surface area (Å²) in [5.41, 5.74) is 0.835. The lowest BCUT2D eigenvalue weighted by Crippen LogP contribution is -2.01. The molecular formula is C11H11ClO2. The third-order valence-electron chi connectivity index (χ3n) is 1.86. The zero-order valence-corrected chi connectivity index (χ0v) is 8.58. The monoisotopic (exact) mass is 210 g/mol. The van der Waals surface area contributed by atoms with Crippen LogP contribution in [0, 0.1) is 0 Å². The maximum absolute atomic E-state index is 11.0. The average Bonchev–Trinajstić information content (AvgIpc) is 2.19. The molecule has 0 bridgehead atoms. The van der Waals surface area contributed by atoms with Gasteiger partial charge in [0.1, 0.15) is 0 Å². The fraction of sp³-hybridized carbons (Fsp3) is 0.182. The van der Waals surface area contributed by atoms with Gasteiger partial charge >= 0.3 is 5.97 Å². The van der Waals surface area contributed by atoms with E-state index in [9.17, 15) is 4.79 Å². The fourth-order valence-electron chi connectivity index (χ4n) is 1.18. The predicted molar refractivity (Wildman–Crippen MR) is 57.1 cm³/mol. The molecule has 74 valence electrons. The van der Waals surface area contributed by atoms with Crippen molar-refractivity contribution in [2.75, 3.05) is 0 Å². The SMILES string of the molecule is CCC(Cl)=C(C(=O)O)c1ccccc1. The van der Waals surface area contributed by atoms with Crippen molar-refractivity contribution in [3.8, 4) is 0 Å². The van der Waals surface area contributed by atoms with Gasteiger partial charge in [-0.25, -0.2) is 4.79 Å². The van der Waals surface area contributed by atoms with Crippen molar-refractivity contribution >= 4 is 23.1 Å². The first-order valence-corrected chi connectivity index (χ1v) is 4.72. The molecule has 1 aromatic rings. The van der Waals surface area contributed by atoms with Gasteiger partial charge in [0.05, 0.1) is 5.57 Å². The van der Waals surface area contributed by atoms with Gasteiger partial charge in [-0.3, -0.25) is 0 Å². The van der Waals surface area contributed by atoms with E-state index in [2.05, 4.69) is 0 Å². The standard InChI is InChI=1S/C11H11ClO2/c1-2-9(12)10(11(13)14)8-6-4-3-5-7-8/h3-7H,2H2,1H3,(H,13,14). The predicted octanol–water partition coefficient (Wildman–Crippen LogP) is 3.13. The topological polar surface area (TPSA) is 37.3 Å². The highest BCUT2D eigenvalue weighted by atomic mass is 35.5. The van der Waals surface area contributed by atoms with E-state index in [4.69, 9.17) is 16.7 Å². The molecule has 3 heteroatoms. The second-order valence-corrected chi connectivity index (χ2v) is 3.26. The normalized spacial score (nSPS) is 12.1. The molecule has 1 aromatic carbocycles. The Kier molecular flexibility index (Phi) is 3.72. The first kappa shape index (κ1) is 10.8. The molecule has 0 saturated heterocycles. The number of carbonyl (C=O) groups is 1. The Morgan fingerprint density at radius 3 is 2.36 bits per heavy atom. The van der Waals surface area contributed by atoms with E-state index in [1.807, 2.05) is 13.0 Å². The van der Waals surface area contributed by atoms with Crippen molar-refractivity contribution in [1.82, 2.24) is 0 Å². The van der Waals surface area contributed by atoms with Gasteiger partial charge in [-0.15, -0.1) is 0 Å². The summed E-state index contributed by atoms with van der Waals surface area (Å²) in [6.45, 7) is 1.83. The van der Waals surface area contributed by atoms with Gasteiger partial charge in [-0.2, -0.15) is 0 Å². The molecule has 0 radical (unpaired) electrons. The van der Waals surface area contributed by atoms with E-state index in [0.717, 1.165) is 0 Å². The van der Waals surface area contributed by atoms with E-state index >= 15 is 0 Å². The summed E-state index contributed by atoms with van der Waals surface area (Å²) in [5, 5.41) is 9.36. The zero-order chi connectivity index (χ0) is 10.6. The molecule has 1 N–H and O–H groups in total. The Bertz CT molecular complexity index is 355. The second-order valence-electron chi connectivity index (χ2n) is 2.80. The Morgan fingerprint density at radius 2 is 1.93 bits per heavy atom.